The maximum atomic E-state index is 11.6. The molecule has 0 aromatic carbocycles. The van der Waals surface area contributed by atoms with Crippen LogP contribution in [-0.2, 0) is 21.3 Å². The second-order valence-electron chi connectivity index (χ2n) is 1.59. The van der Waals surface area contributed by atoms with E-state index in [9.17, 15) is 25.8 Å². The maximum absolute atomic E-state index is 11.6. The smallest absolute Gasteiger partial charge is 0.293 e. The zero-order valence-corrected chi connectivity index (χ0v) is 7.20. The van der Waals surface area contributed by atoms with E-state index in [2.05, 4.69) is 0 Å². The summed E-state index contributed by atoms with van der Waals surface area (Å²) in [5, 5.41) is 0. The first-order chi connectivity index (χ1) is 5.10. The summed E-state index contributed by atoms with van der Waals surface area (Å²) in [6.45, 7) is 0. The fraction of sp³-hybridized carbons (Fsp3) is 1.00. The molecule has 0 amide bonds. The van der Waals surface area contributed by atoms with E-state index in [1.54, 1.807) is 0 Å². The first-order valence-electron chi connectivity index (χ1n) is 2.27. The van der Waals surface area contributed by atoms with Crippen LogP contribution in [0, 0.1) is 0 Å². The highest BCUT2D eigenvalue weighted by Gasteiger charge is 2.50. The molecule has 0 aliphatic carbocycles. The van der Waals surface area contributed by atoms with E-state index in [4.69, 9.17) is 4.55 Å². The first-order valence-corrected chi connectivity index (χ1v) is 4.77. The molecule has 0 bridgehead atoms. The summed E-state index contributed by atoms with van der Waals surface area (Å²) < 4.78 is 72.5. The van der Waals surface area contributed by atoms with Crippen molar-refractivity contribution < 1.29 is 30.4 Å². The molecule has 0 heterocycles. The SMILES string of the molecule is CN(S(=O)O)S(=O)(=O)C(F)(F)F. The lowest BCUT2D eigenvalue weighted by Gasteiger charge is -2.13. The topological polar surface area (TPSA) is 74.7 Å². The van der Waals surface area contributed by atoms with Gasteiger partial charge >= 0.3 is 15.5 Å². The van der Waals surface area contributed by atoms with Crippen LogP contribution in [0.1, 0.15) is 0 Å². The van der Waals surface area contributed by atoms with Crippen molar-refractivity contribution in [2.75, 3.05) is 7.05 Å². The van der Waals surface area contributed by atoms with E-state index in [-0.39, 0.29) is 0 Å². The van der Waals surface area contributed by atoms with Gasteiger partial charge in [-0.3, -0.25) is 4.55 Å². The molecular formula is C2H4F3NO4S2. The molecule has 0 rings (SSSR count). The molecule has 0 saturated carbocycles. The van der Waals surface area contributed by atoms with Gasteiger partial charge in [-0.25, -0.2) is 12.6 Å². The highest BCUT2D eigenvalue weighted by molar-refractivity contribution is 7.99. The number of halogens is 3. The second-order valence-corrected chi connectivity index (χ2v) is 4.79. The number of hydrogen-bond acceptors (Lipinski definition) is 3. The van der Waals surface area contributed by atoms with Gasteiger partial charge in [0.15, 0.2) is 0 Å². The monoisotopic (exact) mass is 227 g/mol. The summed E-state index contributed by atoms with van der Waals surface area (Å²) >= 11 is -3.20. The second kappa shape index (κ2) is 3.28. The van der Waals surface area contributed by atoms with Crippen LogP contribution in [0.2, 0.25) is 0 Å². The van der Waals surface area contributed by atoms with Gasteiger partial charge in [-0.1, -0.05) is 3.71 Å². The van der Waals surface area contributed by atoms with Crippen LogP contribution >= 0.6 is 0 Å². The molecule has 0 aromatic heterocycles. The number of nitrogens with zero attached hydrogens (tertiary/aromatic N) is 1. The number of alkyl halides is 3. The normalized spacial score (nSPS) is 16.5. The minimum Gasteiger partial charge on any atom is -0.293 e. The van der Waals surface area contributed by atoms with Gasteiger partial charge < -0.3 is 0 Å². The van der Waals surface area contributed by atoms with Crippen LogP contribution in [0.4, 0.5) is 13.2 Å². The molecule has 1 N–H and O–H groups in total. The summed E-state index contributed by atoms with van der Waals surface area (Å²) in [5.74, 6) is 0. The van der Waals surface area contributed by atoms with Crippen molar-refractivity contribution >= 4 is 21.3 Å². The molecule has 1 unspecified atom stereocenters. The molecule has 10 heteroatoms. The van der Waals surface area contributed by atoms with Gasteiger partial charge in [0.2, 0.25) is 11.3 Å². The number of sulfonamides is 1. The van der Waals surface area contributed by atoms with Crippen molar-refractivity contribution in [3.8, 4) is 0 Å². The Labute approximate surface area is 68.6 Å². The van der Waals surface area contributed by atoms with Gasteiger partial charge in [0.05, 0.1) is 0 Å². The summed E-state index contributed by atoms with van der Waals surface area (Å²) in [6.07, 6.45) is 0. The predicted octanol–water partition coefficient (Wildman–Crippen LogP) is -0.0955. The average Bonchev–Trinajstić information content (AvgIpc) is 1.83. The standard InChI is InChI=1S/C2H4F3NO4S2/c1-6(11(7)8)12(9,10)2(3,4)5/h1H3,(H,7,8). The van der Waals surface area contributed by atoms with Crippen LogP contribution in [0.15, 0.2) is 0 Å². The van der Waals surface area contributed by atoms with Crippen LogP contribution in [0.25, 0.3) is 0 Å². The molecule has 0 aromatic rings. The summed E-state index contributed by atoms with van der Waals surface area (Å²) in [5.41, 5.74) is -5.56. The maximum Gasteiger partial charge on any atom is 0.512 e. The Bertz CT molecular complexity index is 281. The minimum absolute atomic E-state index is 0.346. The molecule has 0 radical (unpaired) electrons. The molecular weight excluding hydrogens is 223 g/mol. The lowest BCUT2D eigenvalue weighted by Crippen LogP contribution is -2.38. The highest BCUT2D eigenvalue weighted by Crippen LogP contribution is 2.26. The van der Waals surface area contributed by atoms with Gasteiger partial charge in [0, 0.05) is 7.05 Å². The minimum atomic E-state index is -5.69. The largest absolute Gasteiger partial charge is 0.512 e. The van der Waals surface area contributed by atoms with E-state index in [0.29, 0.717) is 7.05 Å². The van der Waals surface area contributed by atoms with E-state index in [0.717, 1.165) is 0 Å². The van der Waals surface area contributed by atoms with Gasteiger partial charge in [-0.05, 0) is 0 Å². The van der Waals surface area contributed by atoms with E-state index < -0.39 is 30.5 Å². The van der Waals surface area contributed by atoms with E-state index >= 15 is 0 Å². The van der Waals surface area contributed by atoms with Crippen molar-refractivity contribution in [1.82, 2.24) is 3.71 Å². The van der Waals surface area contributed by atoms with Crippen molar-refractivity contribution in [3.63, 3.8) is 0 Å². The average molecular weight is 227 g/mol. The van der Waals surface area contributed by atoms with Crippen LogP contribution < -0.4 is 0 Å². The van der Waals surface area contributed by atoms with Crippen molar-refractivity contribution in [2.45, 2.75) is 5.51 Å². The third-order valence-electron chi connectivity index (χ3n) is 0.851. The molecule has 0 aliphatic rings. The molecule has 12 heavy (non-hydrogen) atoms. The number of hydrogen-bond donors (Lipinski definition) is 1. The summed E-state index contributed by atoms with van der Waals surface area (Å²) in [6, 6.07) is 0. The molecule has 0 aliphatic heterocycles. The Kier molecular flexibility index (Phi) is 3.23. The van der Waals surface area contributed by atoms with Crippen molar-refractivity contribution in [2.24, 2.45) is 0 Å². The Morgan fingerprint density at radius 2 is 1.75 bits per heavy atom. The molecule has 1 atom stereocenters. The molecule has 0 saturated heterocycles. The van der Waals surface area contributed by atoms with Crippen LogP contribution in [-0.4, -0.2) is 33.4 Å². The molecule has 5 nitrogen and oxygen atoms in total. The lowest BCUT2D eigenvalue weighted by molar-refractivity contribution is -0.0465. The fourth-order valence-electron chi connectivity index (χ4n) is 0.230. The zero-order valence-electron chi connectivity index (χ0n) is 5.57. The molecule has 0 spiro atoms. The van der Waals surface area contributed by atoms with Gasteiger partial charge in [-0.2, -0.15) is 13.2 Å². The summed E-state index contributed by atoms with van der Waals surface area (Å²) in [4.78, 5) is 0. The van der Waals surface area contributed by atoms with Crippen molar-refractivity contribution in [1.29, 1.82) is 0 Å². The Balaban J connectivity index is 5.03. The summed E-state index contributed by atoms with van der Waals surface area (Å²) in [7, 11) is -5.35. The van der Waals surface area contributed by atoms with Gasteiger partial charge in [0.1, 0.15) is 0 Å². The highest BCUT2D eigenvalue weighted by atomic mass is 32.3. The van der Waals surface area contributed by atoms with Crippen molar-refractivity contribution in [3.05, 3.63) is 0 Å². The Hall–Kier alpha value is -0.190. The number of rotatable bonds is 2. The van der Waals surface area contributed by atoms with E-state index in [1.807, 2.05) is 0 Å². The zero-order chi connectivity index (χ0) is 10.2. The predicted molar refractivity (Wildman–Crippen MR) is 33.5 cm³/mol. The molecule has 0 fully saturated rings. The molecule has 74 valence electrons. The lowest BCUT2D eigenvalue weighted by atomic mass is 11.5. The van der Waals surface area contributed by atoms with Crippen LogP contribution in [0.3, 0.4) is 0 Å². The first kappa shape index (κ1) is 11.8. The quantitative estimate of drug-likeness (QED) is 0.669. The Morgan fingerprint density at radius 1 is 1.42 bits per heavy atom. The third kappa shape index (κ3) is 2.15. The van der Waals surface area contributed by atoms with Crippen LogP contribution in [0.5, 0.6) is 0 Å². The third-order valence-corrected chi connectivity index (χ3v) is 3.52. The Morgan fingerprint density at radius 3 is 1.83 bits per heavy atom. The van der Waals surface area contributed by atoms with Gasteiger partial charge in [-0.15, -0.1) is 0 Å². The fourth-order valence-corrected chi connectivity index (χ4v) is 1.45. The van der Waals surface area contributed by atoms with E-state index in [1.165, 1.54) is 0 Å². The van der Waals surface area contributed by atoms with Gasteiger partial charge in [0.25, 0.3) is 0 Å².